The van der Waals surface area contributed by atoms with E-state index < -0.39 is 12.1 Å². The number of nitrogens with zero attached hydrogens (tertiary/aromatic N) is 12. The van der Waals surface area contributed by atoms with Crippen molar-refractivity contribution in [1.82, 2.24) is 60.6 Å². The molecule has 0 aliphatic heterocycles. The molecule has 4 aromatic carbocycles. The number of ether oxygens (including phenoxy) is 2. The van der Waals surface area contributed by atoms with E-state index in [4.69, 9.17) is 36.8 Å². The minimum atomic E-state index is -0.547. The van der Waals surface area contributed by atoms with Gasteiger partial charge in [-0.05, 0) is 61.6 Å². The molecular weight excluding hydrogens is 981 g/mol. The largest absolute Gasteiger partial charge is 0.473 e. The Balaban J connectivity index is 0.000000173. The molecule has 1 aliphatic carbocycles. The number of fused-ring (bicyclic) bond motifs is 6. The molecule has 0 saturated heterocycles. The number of amides is 2. The molecule has 1 saturated carbocycles. The van der Waals surface area contributed by atoms with Gasteiger partial charge in [0.05, 0.1) is 31.9 Å². The standard InChI is InChI=1S/C27H23N7O5.C25H21N7O5/c1-28-21-11-15(26(37)29-20-7-4-8-23(20)36)9-10-16(21)14-38-27-19-6-3-2-5-18(19)24-30-31-25(34(24)32-27)22-12-17(13-35)39-33-22;1-14(11-33)27-24(35)15-7-8-16(20(9-15)26-2)13-36-25-19-6-4-3-5-18(19)22-28-29-23(32(22)30-25)21-10-17(12-34)37-31-21/h2-3,5-6,9-12,20,23,35-36H,4,7-8,13-14H2,(H,29,37);3-10,14,33-34H,11-13H2,1H3,(H,27,35)/t20-,23-;14-/m01/s1. The molecule has 11 rings (SSSR count). The molecule has 10 aromatic rings. The molecule has 0 spiro atoms. The zero-order valence-corrected chi connectivity index (χ0v) is 40.2. The first-order valence-electron chi connectivity index (χ1n) is 23.7. The zero-order valence-electron chi connectivity index (χ0n) is 40.2. The second-order valence-electron chi connectivity index (χ2n) is 17.5. The van der Waals surface area contributed by atoms with Gasteiger partial charge in [0, 0.05) is 50.8 Å². The highest BCUT2D eigenvalue weighted by Crippen LogP contribution is 2.33. The maximum Gasteiger partial charge on any atom is 0.250 e. The lowest BCUT2D eigenvalue weighted by Crippen LogP contribution is -2.39. The lowest BCUT2D eigenvalue weighted by Gasteiger charge is -2.17. The van der Waals surface area contributed by atoms with Crippen LogP contribution in [-0.4, -0.2) is 107 Å². The van der Waals surface area contributed by atoms with Gasteiger partial charge < -0.3 is 49.6 Å². The Bertz CT molecular complexity index is 3890. The predicted octanol–water partition coefficient (Wildman–Crippen LogP) is 5.86. The minimum Gasteiger partial charge on any atom is -0.473 e. The van der Waals surface area contributed by atoms with Gasteiger partial charge >= 0.3 is 0 Å². The van der Waals surface area contributed by atoms with E-state index in [9.17, 15) is 24.9 Å². The topological polar surface area (TPSA) is 305 Å². The van der Waals surface area contributed by atoms with E-state index in [0.29, 0.717) is 73.8 Å². The number of aliphatic hydroxyl groups is 4. The second-order valence-corrected chi connectivity index (χ2v) is 17.5. The Morgan fingerprint density at radius 1 is 0.684 bits per heavy atom. The number of aliphatic hydroxyl groups excluding tert-OH is 4. The van der Waals surface area contributed by atoms with Crippen LogP contribution < -0.4 is 20.1 Å². The number of benzene rings is 4. The van der Waals surface area contributed by atoms with Crippen LogP contribution in [-0.2, 0) is 26.4 Å². The molecular formula is C52H44N14O10. The normalized spacial score (nSPS) is 14.5. The Hall–Kier alpha value is -9.72. The molecule has 6 N–H and O–H groups in total. The number of nitrogens with one attached hydrogen (secondary N) is 2. The fourth-order valence-corrected chi connectivity index (χ4v) is 8.49. The van der Waals surface area contributed by atoms with E-state index in [1.165, 1.54) is 21.2 Å². The van der Waals surface area contributed by atoms with Crippen molar-refractivity contribution in [2.75, 3.05) is 6.61 Å². The molecule has 76 heavy (non-hydrogen) atoms. The number of aromatic nitrogens is 10. The maximum atomic E-state index is 12.7. The van der Waals surface area contributed by atoms with Gasteiger partial charge in [0.15, 0.2) is 45.6 Å². The fourth-order valence-electron chi connectivity index (χ4n) is 8.49. The van der Waals surface area contributed by atoms with Crippen molar-refractivity contribution < 1.29 is 48.5 Å². The minimum absolute atomic E-state index is 0.0191. The van der Waals surface area contributed by atoms with Gasteiger partial charge in [-0.3, -0.25) is 9.59 Å². The highest BCUT2D eigenvalue weighted by Gasteiger charge is 2.28. The molecule has 24 heteroatoms. The summed E-state index contributed by atoms with van der Waals surface area (Å²) < 4.78 is 25.4. The van der Waals surface area contributed by atoms with Crippen LogP contribution in [0.3, 0.4) is 0 Å². The van der Waals surface area contributed by atoms with Gasteiger partial charge in [0.1, 0.15) is 26.4 Å². The third-order valence-electron chi connectivity index (χ3n) is 12.5. The third kappa shape index (κ3) is 10.0. The van der Waals surface area contributed by atoms with Crippen LogP contribution >= 0.6 is 0 Å². The van der Waals surface area contributed by atoms with Gasteiger partial charge in [0.25, 0.3) is 0 Å². The summed E-state index contributed by atoms with van der Waals surface area (Å²) in [6, 6.07) is 26.9. The average Bonchev–Trinajstić information content (AvgIpc) is 4.34. The molecule has 6 aromatic heterocycles. The van der Waals surface area contributed by atoms with Crippen LogP contribution in [0.1, 0.15) is 69.5 Å². The van der Waals surface area contributed by atoms with Gasteiger partial charge in [-0.25, -0.2) is 9.69 Å². The van der Waals surface area contributed by atoms with Gasteiger partial charge in [0.2, 0.25) is 35.2 Å². The van der Waals surface area contributed by atoms with Crippen molar-refractivity contribution in [3.05, 3.63) is 154 Å². The number of carbonyl (C=O) groups is 2. The lowest BCUT2D eigenvalue weighted by molar-refractivity contribution is 0.0872. The van der Waals surface area contributed by atoms with Crippen molar-refractivity contribution in [3.63, 3.8) is 0 Å². The van der Waals surface area contributed by atoms with E-state index in [1.54, 1.807) is 43.3 Å². The summed E-state index contributed by atoms with van der Waals surface area (Å²) in [6.07, 6.45) is 1.71. The van der Waals surface area contributed by atoms with Crippen LogP contribution in [0.15, 0.2) is 106 Å². The van der Waals surface area contributed by atoms with E-state index in [1.807, 2.05) is 48.5 Å². The van der Waals surface area contributed by atoms with E-state index in [-0.39, 0.29) is 85.5 Å². The first-order chi connectivity index (χ1) is 37.1. The quantitative estimate of drug-likeness (QED) is 0.0655. The predicted molar refractivity (Wildman–Crippen MR) is 269 cm³/mol. The molecule has 3 atom stereocenters. The second kappa shape index (κ2) is 21.8. The van der Waals surface area contributed by atoms with E-state index in [2.05, 4.69) is 61.2 Å². The molecule has 1 fully saturated rings. The van der Waals surface area contributed by atoms with E-state index >= 15 is 0 Å². The van der Waals surface area contributed by atoms with Crippen molar-refractivity contribution in [1.29, 1.82) is 0 Å². The summed E-state index contributed by atoms with van der Waals surface area (Å²) in [7, 11) is 0. The average molecular weight is 1030 g/mol. The zero-order chi connectivity index (χ0) is 52.9. The summed E-state index contributed by atoms with van der Waals surface area (Å²) in [5.74, 6) is 1.04. The van der Waals surface area contributed by atoms with Crippen molar-refractivity contribution in [3.8, 4) is 34.8 Å². The summed E-state index contributed by atoms with van der Waals surface area (Å²) in [4.78, 5) is 32.2. The van der Waals surface area contributed by atoms with Crippen molar-refractivity contribution in [2.45, 2.75) is 70.8 Å². The molecule has 0 radical (unpaired) electrons. The van der Waals surface area contributed by atoms with Crippen LogP contribution in [0, 0.1) is 13.1 Å². The maximum absolute atomic E-state index is 12.7. The smallest absolute Gasteiger partial charge is 0.250 e. The van der Waals surface area contributed by atoms with Gasteiger partial charge in [-0.1, -0.05) is 71.0 Å². The Morgan fingerprint density at radius 2 is 1.17 bits per heavy atom. The van der Waals surface area contributed by atoms with Crippen LogP contribution in [0.4, 0.5) is 11.4 Å². The first kappa shape index (κ1) is 49.8. The van der Waals surface area contributed by atoms with Gasteiger partial charge in [-0.2, -0.15) is 9.03 Å². The fraction of sp³-hybridized carbons (Fsp3) is 0.231. The Morgan fingerprint density at radius 3 is 1.61 bits per heavy atom. The van der Waals surface area contributed by atoms with Crippen molar-refractivity contribution in [2.24, 2.45) is 0 Å². The summed E-state index contributed by atoms with van der Waals surface area (Å²) >= 11 is 0. The highest BCUT2D eigenvalue weighted by molar-refractivity contribution is 5.99. The molecule has 1 aliphatic rings. The molecule has 2 amide bonds. The van der Waals surface area contributed by atoms with Gasteiger partial charge in [-0.15, -0.1) is 30.6 Å². The molecule has 0 bridgehead atoms. The van der Waals surface area contributed by atoms with E-state index in [0.717, 1.165) is 23.6 Å². The third-order valence-corrected chi connectivity index (χ3v) is 12.5. The number of hydrogen-bond acceptors (Lipinski definition) is 18. The lowest BCUT2D eigenvalue weighted by atomic mass is 10.1. The summed E-state index contributed by atoms with van der Waals surface area (Å²) in [6.45, 7) is 16.1. The first-order valence-corrected chi connectivity index (χ1v) is 23.7. The Kier molecular flexibility index (Phi) is 14.3. The van der Waals surface area contributed by atoms with Crippen LogP contribution in [0.5, 0.6) is 11.8 Å². The number of hydrogen-bond donors (Lipinski definition) is 6. The SMILES string of the molecule is [C-]#[N+]c1cc(C(=O)N[C@H](C)CO)ccc1COc1nn2c(-c3cc(CO)on3)nnc2c2ccccc12.[C-]#[N+]c1cc(C(=O)N[C@H]2CCC[C@@H]2O)ccc1COc1nn2c(-c3cc(CO)on3)nnc2c2ccccc12. The van der Waals surface area contributed by atoms with Crippen LogP contribution in [0.25, 0.3) is 65.6 Å². The van der Waals surface area contributed by atoms with Crippen LogP contribution in [0.2, 0.25) is 0 Å². The summed E-state index contributed by atoms with van der Waals surface area (Å²) in [5.41, 5.74) is 4.04. The number of rotatable bonds is 15. The molecule has 382 valence electrons. The molecule has 6 heterocycles. The monoisotopic (exact) mass is 1020 g/mol. The number of carbonyl (C=O) groups excluding carboxylic acids is 2. The summed E-state index contributed by atoms with van der Waals surface area (Å²) in [5, 5.41) is 80.2. The molecule has 0 unspecified atom stereocenters. The highest BCUT2D eigenvalue weighted by atomic mass is 16.5. The molecule has 24 nitrogen and oxygen atoms in total. The Labute approximate surface area is 429 Å². The van der Waals surface area contributed by atoms with Crippen molar-refractivity contribution >= 4 is 56.0 Å².